The normalized spacial score (nSPS) is 19.2. The zero-order valence-corrected chi connectivity index (χ0v) is 16.9. The van der Waals surface area contributed by atoms with Crippen molar-refractivity contribution in [2.75, 3.05) is 18.9 Å². The molecule has 1 aliphatic heterocycles. The number of ketones is 1. The largest absolute Gasteiger partial charge is 0.479 e. The summed E-state index contributed by atoms with van der Waals surface area (Å²) >= 11 is 0.961. The molecule has 14 nitrogen and oxygen atoms in total. The molecule has 1 fully saturated rings. The molecule has 0 aliphatic carbocycles. The standard InChI is InChI=1S/C14H16N4O10S2/c1-6(19)27-3-9-7(13(23)18(9)30(24,25)26)2-10(20)12(17-28-4-11(21)22)8-5-29-14(15)16-8/h5,7,9H,2-4H2,1H3,(H2,15,16)(H,21,22)(H,24,25,26)/b17-12-/t7-,9+/m0/s1. The zero-order chi connectivity index (χ0) is 22.6. The smallest absolute Gasteiger partial charge is 0.362 e. The first kappa shape index (κ1) is 23.2. The number of thiazole rings is 1. The number of anilines is 1. The number of carboxylic acids is 1. The molecule has 2 rings (SSSR count). The van der Waals surface area contributed by atoms with Gasteiger partial charge in [-0.1, -0.05) is 5.16 Å². The molecule has 0 radical (unpaired) electrons. The van der Waals surface area contributed by atoms with E-state index < -0.39 is 71.2 Å². The lowest BCUT2D eigenvalue weighted by molar-refractivity contribution is -0.158. The number of amides is 1. The van der Waals surface area contributed by atoms with Crippen LogP contribution in [-0.4, -0.2) is 76.0 Å². The molecular weight excluding hydrogens is 448 g/mol. The Hall–Kier alpha value is -3.11. The SMILES string of the molecule is CC(=O)OC[C@@H]1[C@H](CC(=O)/C(=N\OCC(=O)O)c2csc(N)n2)C(=O)N1S(=O)(=O)O. The van der Waals surface area contributed by atoms with Gasteiger partial charge in [-0.2, -0.15) is 8.42 Å². The summed E-state index contributed by atoms with van der Waals surface area (Å²) in [5.41, 5.74) is 5.04. The van der Waals surface area contributed by atoms with Gasteiger partial charge in [0.05, 0.1) is 12.0 Å². The van der Waals surface area contributed by atoms with Crippen LogP contribution in [0.25, 0.3) is 0 Å². The summed E-state index contributed by atoms with van der Waals surface area (Å²) in [6, 6.07) is -1.32. The quantitative estimate of drug-likeness (QED) is 0.121. The number of rotatable bonds is 10. The van der Waals surface area contributed by atoms with Gasteiger partial charge in [0.25, 0.3) is 0 Å². The second-order valence-electron chi connectivity index (χ2n) is 5.89. The van der Waals surface area contributed by atoms with Gasteiger partial charge in [-0.15, -0.1) is 11.3 Å². The molecule has 164 valence electrons. The molecule has 0 unspecified atom stereocenters. The number of carboxylic acid groups (broad SMARTS) is 1. The third-order valence-corrected chi connectivity index (χ3v) is 5.41. The topological polar surface area (TPSA) is 216 Å². The minimum absolute atomic E-state index is 0.0390. The fourth-order valence-electron chi connectivity index (χ4n) is 2.55. The number of ether oxygens (including phenoxy) is 1. The van der Waals surface area contributed by atoms with Crippen molar-refractivity contribution in [2.24, 2.45) is 11.1 Å². The number of aromatic nitrogens is 1. The first-order valence-corrected chi connectivity index (χ1v) is 10.3. The van der Waals surface area contributed by atoms with Crippen LogP contribution < -0.4 is 5.73 Å². The van der Waals surface area contributed by atoms with E-state index >= 15 is 0 Å². The Morgan fingerprint density at radius 2 is 2.07 bits per heavy atom. The number of nitrogens with two attached hydrogens (primary N) is 1. The Balaban J connectivity index is 2.24. The maximum Gasteiger partial charge on any atom is 0.362 e. The van der Waals surface area contributed by atoms with Crippen molar-refractivity contribution in [3.05, 3.63) is 11.1 Å². The van der Waals surface area contributed by atoms with Gasteiger partial charge in [-0.05, 0) is 0 Å². The van der Waals surface area contributed by atoms with Gasteiger partial charge < -0.3 is 20.4 Å². The molecule has 0 bridgehead atoms. The lowest BCUT2D eigenvalue weighted by atomic mass is 9.85. The molecule has 0 spiro atoms. The number of carbonyl (C=O) groups excluding carboxylic acids is 3. The molecule has 1 aromatic heterocycles. The number of aliphatic carboxylic acids is 1. The van der Waals surface area contributed by atoms with Gasteiger partial charge in [0.2, 0.25) is 12.5 Å². The van der Waals surface area contributed by atoms with Crippen LogP contribution in [0.5, 0.6) is 0 Å². The second-order valence-corrected chi connectivity index (χ2v) is 8.07. The number of Topliss-reactive ketones (excluding diaryl/α,β-unsaturated/α-hetero) is 1. The van der Waals surface area contributed by atoms with Gasteiger partial charge in [-0.25, -0.2) is 14.1 Å². The number of nitrogens with zero attached hydrogens (tertiary/aromatic N) is 3. The minimum Gasteiger partial charge on any atom is -0.479 e. The van der Waals surface area contributed by atoms with E-state index in [1.165, 1.54) is 5.38 Å². The zero-order valence-electron chi connectivity index (χ0n) is 15.2. The molecule has 4 N–H and O–H groups in total. The Kier molecular flexibility index (Phi) is 7.06. The summed E-state index contributed by atoms with van der Waals surface area (Å²) in [6.07, 6.45) is -0.608. The van der Waals surface area contributed by atoms with Crippen LogP contribution in [0, 0.1) is 5.92 Å². The number of hydrogen-bond acceptors (Lipinski definition) is 12. The Bertz CT molecular complexity index is 1000. The highest BCUT2D eigenvalue weighted by Gasteiger charge is 2.54. The number of β-lactam (4-membered cyclic amide) rings is 1. The lowest BCUT2D eigenvalue weighted by Crippen LogP contribution is -2.65. The maximum atomic E-state index is 12.7. The average Bonchev–Trinajstić information content (AvgIpc) is 3.04. The van der Waals surface area contributed by atoms with E-state index in [0.717, 1.165) is 18.3 Å². The van der Waals surface area contributed by atoms with Crippen molar-refractivity contribution < 1.29 is 46.8 Å². The third kappa shape index (κ3) is 5.49. The summed E-state index contributed by atoms with van der Waals surface area (Å²) in [6.45, 7) is -0.384. The van der Waals surface area contributed by atoms with Crippen LogP contribution in [0.1, 0.15) is 19.0 Å². The first-order valence-electron chi connectivity index (χ1n) is 8.02. The minimum atomic E-state index is -4.94. The van der Waals surface area contributed by atoms with Crippen LogP contribution in [0.15, 0.2) is 10.5 Å². The number of esters is 1. The van der Waals surface area contributed by atoms with E-state index in [2.05, 4.69) is 15.0 Å². The van der Waals surface area contributed by atoms with E-state index in [-0.39, 0.29) is 15.1 Å². The summed E-state index contributed by atoms with van der Waals surface area (Å²) in [5.74, 6) is -5.32. The number of oxime groups is 1. The fraction of sp³-hybridized carbons (Fsp3) is 0.429. The second kappa shape index (κ2) is 9.14. The van der Waals surface area contributed by atoms with Crippen molar-refractivity contribution in [2.45, 2.75) is 19.4 Å². The van der Waals surface area contributed by atoms with Crippen LogP contribution >= 0.6 is 11.3 Å². The summed E-state index contributed by atoms with van der Waals surface area (Å²) < 4.78 is 36.8. The summed E-state index contributed by atoms with van der Waals surface area (Å²) in [5, 5.41) is 13.5. The average molecular weight is 464 g/mol. The highest BCUT2D eigenvalue weighted by atomic mass is 32.2. The number of hydrogen-bond donors (Lipinski definition) is 3. The predicted octanol–water partition coefficient (Wildman–Crippen LogP) is -1.32. The van der Waals surface area contributed by atoms with Crippen molar-refractivity contribution in [1.82, 2.24) is 9.29 Å². The molecule has 1 saturated heterocycles. The third-order valence-electron chi connectivity index (χ3n) is 3.78. The van der Waals surface area contributed by atoms with Gasteiger partial charge in [0.15, 0.2) is 16.6 Å². The van der Waals surface area contributed by atoms with Crippen LogP contribution in [0.3, 0.4) is 0 Å². The Morgan fingerprint density at radius 3 is 2.57 bits per heavy atom. The molecular formula is C14H16N4O10S2. The number of nitrogen functional groups attached to an aromatic ring is 1. The van der Waals surface area contributed by atoms with E-state index in [0.29, 0.717) is 0 Å². The van der Waals surface area contributed by atoms with E-state index in [9.17, 15) is 32.1 Å². The van der Waals surface area contributed by atoms with Gasteiger partial charge >= 0.3 is 22.2 Å². The molecule has 2 atom stereocenters. The molecule has 0 aromatic carbocycles. The van der Waals surface area contributed by atoms with Gasteiger partial charge in [-0.3, -0.25) is 18.9 Å². The van der Waals surface area contributed by atoms with Crippen molar-refractivity contribution >= 4 is 56.1 Å². The maximum absolute atomic E-state index is 12.7. The highest BCUT2D eigenvalue weighted by Crippen LogP contribution is 2.33. The van der Waals surface area contributed by atoms with E-state index in [1.807, 2.05) is 0 Å². The molecule has 1 aliphatic rings. The molecule has 30 heavy (non-hydrogen) atoms. The highest BCUT2D eigenvalue weighted by molar-refractivity contribution is 7.84. The van der Waals surface area contributed by atoms with E-state index in [1.54, 1.807) is 0 Å². The number of carbonyl (C=O) groups is 4. The van der Waals surface area contributed by atoms with Gasteiger partial charge in [0.1, 0.15) is 12.3 Å². The molecule has 0 saturated carbocycles. The first-order chi connectivity index (χ1) is 13.9. The van der Waals surface area contributed by atoms with Crippen molar-refractivity contribution in [3.63, 3.8) is 0 Å². The monoisotopic (exact) mass is 464 g/mol. The lowest BCUT2D eigenvalue weighted by Gasteiger charge is -2.43. The fourth-order valence-corrected chi connectivity index (χ4v) is 4.01. The molecule has 1 aromatic rings. The summed E-state index contributed by atoms with van der Waals surface area (Å²) in [7, 11) is -4.94. The summed E-state index contributed by atoms with van der Waals surface area (Å²) in [4.78, 5) is 54.9. The molecule has 16 heteroatoms. The predicted molar refractivity (Wildman–Crippen MR) is 98.6 cm³/mol. The van der Waals surface area contributed by atoms with Crippen molar-refractivity contribution in [3.8, 4) is 0 Å². The van der Waals surface area contributed by atoms with Gasteiger partial charge in [0, 0.05) is 18.7 Å². The van der Waals surface area contributed by atoms with Crippen LogP contribution in [-0.2, 0) is 39.1 Å². The molecule has 1 amide bonds. The van der Waals surface area contributed by atoms with Crippen molar-refractivity contribution in [1.29, 1.82) is 0 Å². The Labute approximate surface area is 173 Å². The Morgan fingerprint density at radius 1 is 1.40 bits per heavy atom. The van der Waals surface area contributed by atoms with Crippen LogP contribution in [0.4, 0.5) is 5.13 Å². The van der Waals surface area contributed by atoms with E-state index in [4.69, 9.17) is 15.6 Å². The molecule has 2 heterocycles. The van der Waals surface area contributed by atoms with Crippen LogP contribution in [0.2, 0.25) is 0 Å².